The molecule has 2 rings (SSSR count). The van der Waals surface area contributed by atoms with Crippen molar-refractivity contribution in [2.24, 2.45) is 5.92 Å². The Labute approximate surface area is 114 Å². The Hall–Kier alpha value is -1.27. The van der Waals surface area contributed by atoms with Gasteiger partial charge in [-0.05, 0) is 44.5 Å². The van der Waals surface area contributed by atoms with Gasteiger partial charge in [0.15, 0.2) is 0 Å². The normalized spacial score (nSPS) is 17.2. The molecular weight excluding hydrogens is 262 g/mol. The van der Waals surface area contributed by atoms with E-state index in [4.69, 9.17) is 5.73 Å². The van der Waals surface area contributed by atoms with Crippen LogP contribution in [0.2, 0.25) is 0 Å². The van der Waals surface area contributed by atoms with Crippen LogP contribution in [0, 0.1) is 5.92 Å². The van der Waals surface area contributed by atoms with E-state index in [-0.39, 0.29) is 4.90 Å². The van der Waals surface area contributed by atoms with Crippen LogP contribution in [0.15, 0.2) is 23.1 Å². The molecule has 1 aliphatic carbocycles. The third-order valence-corrected chi connectivity index (χ3v) is 4.80. The number of benzene rings is 1. The summed E-state index contributed by atoms with van der Waals surface area (Å²) in [6, 6.07) is 5.12. The molecule has 1 fully saturated rings. The van der Waals surface area contributed by atoms with Crippen LogP contribution >= 0.6 is 0 Å². The van der Waals surface area contributed by atoms with Gasteiger partial charge in [0.25, 0.3) is 0 Å². The number of rotatable bonds is 6. The fraction of sp³-hybridized carbons (Fsp3) is 0.538. The summed E-state index contributed by atoms with van der Waals surface area (Å²) < 4.78 is 25.6. The Morgan fingerprint density at radius 1 is 1.42 bits per heavy atom. The van der Waals surface area contributed by atoms with Gasteiger partial charge in [-0.15, -0.1) is 0 Å². The van der Waals surface area contributed by atoms with E-state index in [0.717, 1.165) is 18.0 Å². The van der Waals surface area contributed by atoms with Gasteiger partial charge in [0, 0.05) is 6.04 Å². The topological polar surface area (TPSA) is 84.2 Å². The molecule has 5 nitrogen and oxygen atoms in total. The lowest BCUT2D eigenvalue weighted by Crippen LogP contribution is -2.20. The Kier molecular flexibility index (Phi) is 4.01. The van der Waals surface area contributed by atoms with Crippen LogP contribution in [0.25, 0.3) is 0 Å². The van der Waals surface area contributed by atoms with Crippen LogP contribution in [-0.4, -0.2) is 21.5 Å². The summed E-state index contributed by atoms with van der Waals surface area (Å²) in [7, 11) is -2.05. The molecule has 0 spiro atoms. The smallest absolute Gasteiger partial charge is 0.240 e. The van der Waals surface area contributed by atoms with Crippen molar-refractivity contribution in [2.75, 3.05) is 18.1 Å². The highest BCUT2D eigenvalue weighted by atomic mass is 32.2. The van der Waals surface area contributed by atoms with Gasteiger partial charge in [-0.1, -0.05) is 12.8 Å². The summed E-state index contributed by atoms with van der Waals surface area (Å²) in [5.74, 6) is 0.840. The first-order valence-electron chi connectivity index (χ1n) is 6.52. The second-order valence-corrected chi connectivity index (χ2v) is 7.07. The molecule has 1 saturated carbocycles. The summed E-state index contributed by atoms with van der Waals surface area (Å²) in [6.07, 6.45) is 3.78. The second-order valence-electron chi connectivity index (χ2n) is 5.18. The fourth-order valence-electron chi connectivity index (χ4n) is 2.14. The van der Waals surface area contributed by atoms with Crippen molar-refractivity contribution >= 4 is 21.4 Å². The third kappa shape index (κ3) is 3.61. The highest BCUT2D eigenvalue weighted by molar-refractivity contribution is 7.89. The lowest BCUT2D eigenvalue weighted by atomic mass is 10.1. The highest BCUT2D eigenvalue weighted by Gasteiger charge is 2.23. The molecule has 0 bridgehead atoms. The standard InChI is InChI=1S/C13H21N3O2S/c1-9(7-10-3-4-10)16-13-6-5-11(8-12(13)14)19(17,18)15-2/h5-6,8-10,15-16H,3-4,7,14H2,1-2H3. The molecule has 1 aliphatic rings. The van der Waals surface area contributed by atoms with Crippen molar-refractivity contribution in [3.63, 3.8) is 0 Å². The van der Waals surface area contributed by atoms with Gasteiger partial charge in [0.1, 0.15) is 0 Å². The zero-order valence-electron chi connectivity index (χ0n) is 11.3. The van der Waals surface area contributed by atoms with Gasteiger partial charge >= 0.3 is 0 Å². The van der Waals surface area contributed by atoms with Crippen molar-refractivity contribution in [3.05, 3.63) is 18.2 Å². The first-order chi connectivity index (χ1) is 8.92. The van der Waals surface area contributed by atoms with E-state index >= 15 is 0 Å². The molecule has 1 aromatic rings. The maximum absolute atomic E-state index is 11.7. The predicted molar refractivity (Wildman–Crippen MR) is 77.5 cm³/mol. The zero-order chi connectivity index (χ0) is 14.0. The van der Waals surface area contributed by atoms with E-state index in [1.54, 1.807) is 12.1 Å². The van der Waals surface area contributed by atoms with E-state index < -0.39 is 10.0 Å². The Balaban J connectivity index is 2.10. The molecule has 1 aromatic carbocycles. The lowest BCUT2D eigenvalue weighted by Gasteiger charge is -2.17. The van der Waals surface area contributed by atoms with Crippen LogP contribution in [0.5, 0.6) is 0 Å². The van der Waals surface area contributed by atoms with Gasteiger partial charge in [-0.25, -0.2) is 13.1 Å². The maximum atomic E-state index is 11.7. The van der Waals surface area contributed by atoms with Gasteiger partial charge in [-0.3, -0.25) is 0 Å². The summed E-state index contributed by atoms with van der Waals surface area (Å²) in [6.45, 7) is 2.12. The van der Waals surface area contributed by atoms with E-state index in [9.17, 15) is 8.42 Å². The van der Waals surface area contributed by atoms with Gasteiger partial charge in [-0.2, -0.15) is 0 Å². The van der Waals surface area contributed by atoms with Crippen molar-refractivity contribution in [3.8, 4) is 0 Å². The molecule has 1 atom stereocenters. The third-order valence-electron chi connectivity index (χ3n) is 3.39. The van der Waals surface area contributed by atoms with Crippen LogP contribution in [-0.2, 0) is 10.0 Å². The predicted octanol–water partition coefficient (Wildman–Crippen LogP) is 1.78. The minimum Gasteiger partial charge on any atom is -0.397 e. The minimum atomic E-state index is -3.43. The largest absolute Gasteiger partial charge is 0.397 e. The number of anilines is 2. The van der Waals surface area contributed by atoms with Crippen molar-refractivity contribution in [1.29, 1.82) is 0 Å². The average Bonchev–Trinajstić information content (AvgIpc) is 3.15. The monoisotopic (exact) mass is 283 g/mol. The molecule has 106 valence electrons. The Morgan fingerprint density at radius 2 is 2.11 bits per heavy atom. The van der Waals surface area contributed by atoms with Crippen molar-refractivity contribution < 1.29 is 8.42 Å². The number of sulfonamides is 1. The minimum absolute atomic E-state index is 0.188. The van der Waals surface area contributed by atoms with Crippen LogP contribution in [0.4, 0.5) is 11.4 Å². The molecule has 0 radical (unpaired) electrons. The SMILES string of the molecule is CNS(=O)(=O)c1ccc(NC(C)CC2CC2)c(N)c1. The Bertz CT molecular complexity index is 553. The van der Waals surface area contributed by atoms with Crippen molar-refractivity contribution in [2.45, 2.75) is 37.1 Å². The van der Waals surface area contributed by atoms with E-state index in [1.807, 2.05) is 0 Å². The van der Waals surface area contributed by atoms with E-state index in [2.05, 4.69) is 17.0 Å². The quantitative estimate of drug-likeness (QED) is 0.695. The molecule has 1 unspecified atom stereocenters. The molecule has 4 N–H and O–H groups in total. The number of nitrogens with one attached hydrogen (secondary N) is 2. The first-order valence-corrected chi connectivity index (χ1v) is 8.00. The molecule has 0 amide bonds. The lowest BCUT2D eigenvalue weighted by molar-refractivity contribution is 0.588. The van der Waals surface area contributed by atoms with Crippen LogP contribution in [0.3, 0.4) is 0 Å². The van der Waals surface area contributed by atoms with E-state index in [0.29, 0.717) is 11.7 Å². The molecule has 0 aromatic heterocycles. The molecular formula is C13H21N3O2S. The highest BCUT2D eigenvalue weighted by Crippen LogP contribution is 2.34. The Morgan fingerprint density at radius 3 is 2.63 bits per heavy atom. The summed E-state index contributed by atoms with van der Waals surface area (Å²) in [5.41, 5.74) is 7.16. The van der Waals surface area contributed by atoms with Crippen LogP contribution < -0.4 is 15.8 Å². The number of hydrogen-bond donors (Lipinski definition) is 3. The van der Waals surface area contributed by atoms with E-state index in [1.165, 1.54) is 26.0 Å². The maximum Gasteiger partial charge on any atom is 0.240 e. The van der Waals surface area contributed by atoms with Crippen molar-refractivity contribution in [1.82, 2.24) is 4.72 Å². The van der Waals surface area contributed by atoms with Crippen LogP contribution in [0.1, 0.15) is 26.2 Å². The molecule has 0 heterocycles. The number of hydrogen-bond acceptors (Lipinski definition) is 4. The fourth-order valence-corrected chi connectivity index (χ4v) is 2.90. The van der Waals surface area contributed by atoms with Gasteiger partial charge in [0.05, 0.1) is 16.3 Å². The average molecular weight is 283 g/mol. The van der Waals surface area contributed by atoms with Gasteiger partial charge < -0.3 is 11.1 Å². The molecule has 0 aliphatic heterocycles. The molecule has 6 heteroatoms. The summed E-state index contributed by atoms with van der Waals surface area (Å²) in [4.78, 5) is 0.188. The van der Waals surface area contributed by atoms with Gasteiger partial charge in [0.2, 0.25) is 10.0 Å². The molecule has 19 heavy (non-hydrogen) atoms. The molecule has 0 saturated heterocycles. The summed E-state index contributed by atoms with van der Waals surface area (Å²) in [5, 5.41) is 3.34. The zero-order valence-corrected chi connectivity index (χ0v) is 12.1. The first kappa shape index (κ1) is 14.1. The number of nitrogens with two attached hydrogens (primary N) is 1. The summed E-state index contributed by atoms with van der Waals surface area (Å²) >= 11 is 0. The number of nitrogen functional groups attached to an aromatic ring is 1. The second kappa shape index (κ2) is 5.38.